The van der Waals surface area contributed by atoms with Gasteiger partial charge in [-0.05, 0) is 37.1 Å². The molecule has 0 aromatic heterocycles. The maximum Gasteiger partial charge on any atom is 0.239 e. The van der Waals surface area contributed by atoms with E-state index in [0.29, 0.717) is 11.5 Å². The summed E-state index contributed by atoms with van der Waals surface area (Å²) in [5.74, 6) is 0.0304. The van der Waals surface area contributed by atoms with Crippen LogP contribution in [0.5, 0.6) is 0 Å². The number of benzene rings is 1. The molecule has 1 amide bonds. The Morgan fingerprint density at radius 3 is 2.57 bits per heavy atom. The second-order valence-electron chi connectivity index (χ2n) is 5.22. The second kappa shape index (κ2) is 7.38. The lowest BCUT2D eigenvalue weighted by Crippen LogP contribution is -2.43. The number of thiocarbonyl (C=S) groups is 1. The zero-order chi connectivity index (χ0) is 15.2. The summed E-state index contributed by atoms with van der Waals surface area (Å²) in [4.78, 5) is 14.3. The molecule has 1 aromatic rings. The molecule has 0 bridgehead atoms. The molecule has 1 aromatic carbocycles. The van der Waals surface area contributed by atoms with Gasteiger partial charge in [0.25, 0.3) is 0 Å². The van der Waals surface area contributed by atoms with E-state index >= 15 is 0 Å². The fourth-order valence-electron chi connectivity index (χ4n) is 2.30. The Balaban J connectivity index is 1.86. The molecule has 0 spiro atoms. The normalized spacial score (nSPS) is 15.5. The highest BCUT2D eigenvalue weighted by Gasteiger charge is 2.17. The first kappa shape index (κ1) is 15.7. The van der Waals surface area contributed by atoms with E-state index < -0.39 is 0 Å². The summed E-state index contributed by atoms with van der Waals surface area (Å²) in [6.07, 6.45) is 1.77. The van der Waals surface area contributed by atoms with Gasteiger partial charge in [-0.2, -0.15) is 0 Å². The van der Waals surface area contributed by atoms with Crippen LogP contribution in [0.15, 0.2) is 24.3 Å². The minimum absolute atomic E-state index is 0.0304. The Bertz CT molecular complexity index is 498. The summed E-state index contributed by atoms with van der Waals surface area (Å²) in [7, 11) is 1.89. The van der Waals surface area contributed by atoms with Gasteiger partial charge in [0.1, 0.15) is 4.99 Å². The largest absolute Gasteiger partial charge is 0.389 e. The number of hydrogen-bond donors (Lipinski definition) is 2. The van der Waals surface area contributed by atoms with Crippen LogP contribution in [0, 0.1) is 0 Å². The van der Waals surface area contributed by atoms with Crippen molar-refractivity contribution in [3.8, 4) is 0 Å². The van der Waals surface area contributed by atoms with Crippen molar-refractivity contribution in [3.05, 3.63) is 29.8 Å². The van der Waals surface area contributed by atoms with E-state index in [1.807, 2.05) is 36.2 Å². The molecule has 1 heterocycles. The SMILES string of the molecule is CN(CC(=O)NC1CCOCC1)c1ccc(C(N)=S)cc1. The van der Waals surface area contributed by atoms with E-state index in [0.717, 1.165) is 37.3 Å². The van der Waals surface area contributed by atoms with Crippen LogP contribution in [0.3, 0.4) is 0 Å². The van der Waals surface area contributed by atoms with Gasteiger partial charge < -0.3 is 20.7 Å². The number of nitrogens with one attached hydrogen (secondary N) is 1. The van der Waals surface area contributed by atoms with Crippen LogP contribution < -0.4 is 16.0 Å². The van der Waals surface area contributed by atoms with Crippen LogP contribution in [0.4, 0.5) is 5.69 Å². The molecule has 3 N–H and O–H groups in total. The Morgan fingerprint density at radius 2 is 2.00 bits per heavy atom. The standard InChI is InChI=1S/C15H21N3O2S/c1-18(13-4-2-11(3-5-13)15(16)21)10-14(19)17-12-6-8-20-9-7-12/h2-5,12H,6-10H2,1H3,(H2,16,21)(H,17,19). The van der Waals surface area contributed by atoms with Crippen LogP contribution >= 0.6 is 12.2 Å². The average molecular weight is 307 g/mol. The van der Waals surface area contributed by atoms with Crippen molar-refractivity contribution in [2.24, 2.45) is 5.73 Å². The molecule has 0 unspecified atom stereocenters. The molecule has 5 nitrogen and oxygen atoms in total. The third-order valence-electron chi connectivity index (χ3n) is 3.56. The van der Waals surface area contributed by atoms with Gasteiger partial charge in [-0.15, -0.1) is 0 Å². The topological polar surface area (TPSA) is 67.6 Å². The fraction of sp³-hybridized carbons (Fsp3) is 0.467. The number of carbonyl (C=O) groups excluding carboxylic acids is 1. The number of anilines is 1. The number of nitrogens with zero attached hydrogens (tertiary/aromatic N) is 1. The van der Waals surface area contributed by atoms with E-state index in [2.05, 4.69) is 5.32 Å². The van der Waals surface area contributed by atoms with E-state index in [4.69, 9.17) is 22.7 Å². The molecule has 0 aliphatic carbocycles. The van der Waals surface area contributed by atoms with Gasteiger partial charge in [0.2, 0.25) is 5.91 Å². The molecule has 6 heteroatoms. The molecule has 114 valence electrons. The third-order valence-corrected chi connectivity index (χ3v) is 3.80. The summed E-state index contributed by atoms with van der Waals surface area (Å²) in [5, 5.41) is 3.05. The Kier molecular flexibility index (Phi) is 5.52. The van der Waals surface area contributed by atoms with Gasteiger partial charge in [0, 0.05) is 37.6 Å². The van der Waals surface area contributed by atoms with Crippen LogP contribution in [0.2, 0.25) is 0 Å². The van der Waals surface area contributed by atoms with Crippen molar-refractivity contribution < 1.29 is 9.53 Å². The zero-order valence-corrected chi connectivity index (χ0v) is 13.0. The van der Waals surface area contributed by atoms with Gasteiger partial charge in [0.15, 0.2) is 0 Å². The molecule has 1 fully saturated rings. The Hall–Kier alpha value is -1.66. The second-order valence-corrected chi connectivity index (χ2v) is 5.66. The van der Waals surface area contributed by atoms with Gasteiger partial charge >= 0.3 is 0 Å². The van der Waals surface area contributed by atoms with Crippen LogP contribution in [0.25, 0.3) is 0 Å². The summed E-state index contributed by atoms with van der Waals surface area (Å²) in [5.41, 5.74) is 7.35. The fourth-order valence-corrected chi connectivity index (χ4v) is 2.44. The minimum Gasteiger partial charge on any atom is -0.389 e. The lowest BCUT2D eigenvalue weighted by molar-refractivity contribution is -0.121. The minimum atomic E-state index is 0.0304. The first-order chi connectivity index (χ1) is 10.1. The Morgan fingerprint density at radius 1 is 1.38 bits per heavy atom. The van der Waals surface area contributed by atoms with E-state index in [1.165, 1.54) is 0 Å². The highest BCUT2D eigenvalue weighted by atomic mass is 32.1. The van der Waals surface area contributed by atoms with E-state index in [-0.39, 0.29) is 11.9 Å². The molecule has 21 heavy (non-hydrogen) atoms. The molecule has 1 aliphatic heterocycles. The first-order valence-electron chi connectivity index (χ1n) is 7.04. The number of rotatable bonds is 5. The smallest absolute Gasteiger partial charge is 0.239 e. The summed E-state index contributed by atoms with van der Waals surface area (Å²) in [6, 6.07) is 7.79. The summed E-state index contributed by atoms with van der Waals surface area (Å²) < 4.78 is 5.28. The molecule has 1 saturated heterocycles. The summed E-state index contributed by atoms with van der Waals surface area (Å²) >= 11 is 4.92. The Labute approximate surface area is 130 Å². The van der Waals surface area contributed by atoms with Crippen molar-refractivity contribution in [2.75, 3.05) is 31.7 Å². The first-order valence-corrected chi connectivity index (χ1v) is 7.45. The van der Waals surface area contributed by atoms with Crippen LogP contribution in [0.1, 0.15) is 18.4 Å². The quantitative estimate of drug-likeness (QED) is 0.796. The van der Waals surface area contributed by atoms with Gasteiger partial charge in [-0.25, -0.2) is 0 Å². The molecular formula is C15H21N3O2S. The molecule has 0 saturated carbocycles. The molecular weight excluding hydrogens is 286 g/mol. The number of carbonyl (C=O) groups is 1. The molecule has 2 rings (SSSR count). The number of likely N-dealkylation sites (N-methyl/N-ethyl adjacent to an activating group) is 1. The number of amides is 1. The predicted octanol–water partition coefficient (Wildman–Crippen LogP) is 1.05. The van der Waals surface area contributed by atoms with Gasteiger partial charge in [-0.1, -0.05) is 12.2 Å². The van der Waals surface area contributed by atoms with Crippen molar-refractivity contribution in [1.82, 2.24) is 5.32 Å². The van der Waals surface area contributed by atoms with Crippen LogP contribution in [-0.2, 0) is 9.53 Å². The lowest BCUT2D eigenvalue weighted by atomic mass is 10.1. The van der Waals surface area contributed by atoms with Gasteiger partial charge in [-0.3, -0.25) is 4.79 Å². The lowest BCUT2D eigenvalue weighted by Gasteiger charge is -2.25. The number of ether oxygens (including phenoxy) is 1. The highest BCUT2D eigenvalue weighted by molar-refractivity contribution is 7.80. The van der Waals surface area contributed by atoms with Crippen LogP contribution in [-0.4, -0.2) is 43.7 Å². The van der Waals surface area contributed by atoms with Crippen molar-refractivity contribution >= 4 is 28.8 Å². The number of hydrogen-bond acceptors (Lipinski definition) is 4. The number of nitrogens with two attached hydrogens (primary N) is 1. The van der Waals surface area contributed by atoms with Crippen molar-refractivity contribution in [1.29, 1.82) is 0 Å². The zero-order valence-electron chi connectivity index (χ0n) is 12.2. The van der Waals surface area contributed by atoms with Gasteiger partial charge in [0.05, 0.1) is 6.54 Å². The third kappa shape index (κ3) is 4.68. The van der Waals surface area contributed by atoms with E-state index in [9.17, 15) is 4.79 Å². The average Bonchev–Trinajstić information content (AvgIpc) is 2.48. The molecule has 0 atom stereocenters. The monoisotopic (exact) mass is 307 g/mol. The summed E-state index contributed by atoms with van der Waals surface area (Å²) in [6.45, 7) is 1.77. The highest BCUT2D eigenvalue weighted by Crippen LogP contribution is 2.14. The maximum absolute atomic E-state index is 12.0. The molecule has 0 radical (unpaired) electrons. The predicted molar refractivity (Wildman–Crippen MR) is 87.6 cm³/mol. The van der Waals surface area contributed by atoms with Crippen molar-refractivity contribution in [3.63, 3.8) is 0 Å². The van der Waals surface area contributed by atoms with E-state index in [1.54, 1.807) is 0 Å². The van der Waals surface area contributed by atoms with Crippen molar-refractivity contribution in [2.45, 2.75) is 18.9 Å². The molecule has 1 aliphatic rings. The maximum atomic E-state index is 12.0.